The summed E-state index contributed by atoms with van der Waals surface area (Å²) >= 11 is 1.55. The van der Waals surface area contributed by atoms with Crippen molar-refractivity contribution in [3.05, 3.63) is 93.9 Å². The third-order valence-electron chi connectivity index (χ3n) is 5.54. The number of thiazole rings is 1. The fraction of sp³-hybridized carbons (Fsp3) is 0.259. The van der Waals surface area contributed by atoms with Crippen LogP contribution >= 0.6 is 11.3 Å². The minimum atomic E-state index is -0.210. The second-order valence-electron chi connectivity index (χ2n) is 9.16. The summed E-state index contributed by atoms with van der Waals surface area (Å²) in [7, 11) is 0. The monoisotopic (exact) mass is 472 g/mol. The van der Waals surface area contributed by atoms with Crippen LogP contribution in [0, 0.1) is 6.92 Å². The summed E-state index contributed by atoms with van der Waals surface area (Å²) in [6, 6.07) is 20.8. The zero-order valence-corrected chi connectivity index (χ0v) is 20.6. The van der Waals surface area contributed by atoms with Crippen LogP contribution < -0.4 is 10.9 Å². The molecule has 1 N–H and O–H groups in total. The third kappa shape index (κ3) is 5.31. The van der Waals surface area contributed by atoms with Crippen LogP contribution in [0.3, 0.4) is 0 Å². The Kier molecular flexibility index (Phi) is 6.75. The lowest BCUT2D eigenvalue weighted by molar-refractivity contribution is 0.0951. The van der Waals surface area contributed by atoms with E-state index in [4.69, 9.17) is 0 Å². The molecule has 0 saturated carbocycles. The van der Waals surface area contributed by atoms with E-state index in [0.717, 1.165) is 21.1 Å². The van der Waals surface area contributed by atoms with Gasteiger partial charge in [-0.2, -0.15) is 5.10 Å². The summed E-state index contributed by atoms with van der Waals surface area (Å²) in [5, 5.41) is 8.34. The van der Waals surface area contributed by atoms with E-state index in [1.54, 1.807) is 17.4 Å². The molecule has 34 heavy (non-hydrogen) atoms. The summed E-state index contributed by atoms with van der Waals surface area (Å²) in [5.41, 5.74) is 4.20. The zero-order chi connectivity index (χ0) is 24.3. The zero-order valence-electron chi connectivity index (χ0n) is 19.8. The standard InChI is InChI=1S/C27H28N4O2S/c1-18-24(34-26(29-18)20-8-6-5-7-9-20)22-14-15-23(32)31(30-22)17-16-28-25(33)19-10-12-21(13-11-19)27(2,3)4/h5-15H,16-17H2,1-4H3,(H,28,33). The average molecular weight is 473 g/mol. The van der Waals surface area contributed by atoms with Crippen LogP contribution in [-0.2, 0) is 12.0 Å². The number of nitrogens with one attached hydrogen (secondary N) is 1. The van der Waals surface area contributed by atoms with Gasteiger partial charge in [-0.3, -0.25) is 9.59 Å². The molecule has 2 heterocycles. The summed E-state index contributed by atoms with van der Waals surface area (Å²) in [6.45, 7) is 8.93. The molecule has 7 heteroatoms. The Hall–Kier alpha value is -3.58. The van der Waals surface area contributed by atoms with Crippen LogP contribution in [-0.4, -0.2) is 27.2 Å². The van der Waals surface area contributed by atoms with Crippen molar-refractivity contribution in [1.29, 1.82) is 0 Å². The Morgan fingerprint density at radius 3 is 2.38 bits per heavy atom. The topological polar surface area (TPSA) is 76.9 Å². The van der Waals surface area contributed by atoms with Crippen molar-refractivity contribution in [1.82, 2.24) is 20.1 Å². The van der Waals surface area contributed by atoms with Crippen LogP contribution in [0.15, 0.2) is 71.5 Å². The van der Waals surface area contributed by atoms with Crippen LogP contribution in [0.25, 0.3) is 21.1 Å². The second-order valence-corrected chi connectivity index (χ2v) is 10.2. The van der Waals surface area contributed by atoms with Crippen molar-refractivity contribution in [2.45, 2.75) is 39.7 Å². The highest BCUT2D eigenvalue weighted by Crippen LogP contribution is 2.33. The lowest BCUT2D eigenvalue weighted by atomic mass is 9.87. The molecule has 6 nitrogen and oxygen atoms in total. The first kappa shape index (κ1) is 23.6. The Balaban J connectivity index is 1.45. The number of hydrogen-bond acceptors (Lipinski definition) is 5. The van der Waals surface area contributed by atoms with E-state index in [0.29, 0.717) is 17.8 Å². The lowest BCUT2D eigenvalue weighted by Crippen LogP contribution is -2.32. The first-order chi connectivity index (χ1) is 16.2. The second kappa shape index (κ2) is 9.73. The normalized spacial score (nSPS) is 11.4. The van der Waals surface area contributed by atoms with E-state index in [1.807, 2.05) is 61.5 Å². The lowest BCUT2D eigenvalue weighted by Gasteiger charge is -2.19. The van der Waals surface area contributed by atoms with Crippen molar-refractivity contribution in [3.8, 4) is 21.1 Å². The van der Waals surface area contributed by atoms with Gasteiger partial charge in [0.1, 0.15) is 10.7 Å². The highest BCUT2D eigenvalue weighted by Gasteiger charge is 2.15. The van der Waals surface area contributed by atoms with Gasteiger partial charge >= 0.3 is 0 Å². The number of amides is 1. The van der Waals surface area contributed by atoms with E-state index < -0.39 is 0 Å². The van der Waals surface area contributed by atoms with Crippen molar-refractivity contribution in [3.63, 3.8) is 0 Å². The molecule has 0 aliphatic carbocycles. The minimum absolute atomic E-state index is 0.0329. The molecule has 0 bridgehead atoms. The van der Waals surface area contributed by atoms with E-state index in [2.05, 4.69) is 36.2 Å². The van der Waals surface area contributed by atoms with Crippen molar-refractivity contribution < 1.29 is 4.79 Å². The maximum absolute atomic E-state index is 12.5. The molecule has 0 unspecified atom stereocenters. The predicted molar refractivity (Wildman–Crippen MR) is 137 cm³/mol. The van der Waals surface area contributed by atoms with Gasteiger partial charge in [-0.15, -0.1) is 11.3 Å². The van der Waals surface area contributed by atoms with Gasteiger partial charge in [-0.1, -0.05) is 63.2 Å². The van der Waals surface area contributed by atoms with Gasteiger partial charge in [0.2, 0.25) is 0 Å². The number of benzene rings is 2. The number of rotatable bonds is 6. The Morgan fingerprint density at radius 2 is 1.71 bits per heavy atom. The number of aromatic nitrogens is 3. The Bertz CT molecular complexity index is 1350. The maximum atomic E-state index is 12.5. The van der Waals surface area contributed by atoms with Gasteiger partial charge in [-0.25, -0.2) is 9.67 Å². The Morgan fingerprint density at radius 1 is 1.00 bits per heavy atom. The average Bonchev–Trinajstić information content (AvgIpc) is 3.22. The number of nitrogens with zero attached hydrogens (tertiary/aromatic N) is 3. The van der Waals surface area contributed by atoms with Gasteiger partial charge in [-0.05, 0) is 36.1 Å². The summed E-state index contributed by atoms with van der Waals surface area (Å²) in [4.78, 5) is 30.5. The van der Waals surface area contributed by atoms with Gasteiger partial charge < -0.3 is 5.32 Å². The molecular weight excluding hydrogens is 444 g/mol. The maximum Gasteiger partial charge on any atom is 0.266 e. The van der Waals surface area contributed by atoms with Crippen molar-refractivity contribution >= 4 is 17.2 Å². The highest BCUT2D eigenvalue weighted by atomic mass is 32.1. The predicted octanol–water partition coefficient (Wildman–Crippen LogP) is 5.07. The number of hydrogen-bond donors (Lipinski definition) is 1. The van der Waals surface area contributed by atoms with Crippen molar-refractivity contribution in [2.75, 3.05) is 6.54 Å². The molecule has 0 saturated heterocycles. The first-order valence-electron chi connectivity index (χ1n) is 11.2. The molecule has 4 aromatic rings. The van der Waals surface area contributed by atoms with Crippen LogP contribution in [0.1, 0.15) is 42.4 Å². The molecule has 2 aromatic carbocycles. The molecule has 0 aliphatic rings. The Labute approximate surface area is 203 Å². The van der Waals surface area contributed by atoms with Crippen LogP contribution in [0.5, 0.6) is 0 Å². The van der Waals surface area contributed by atoms with Crippen molar-refractivity contribution in [2.24, 2.45) is 0 Å². The first-order valence-corrected chi connectivity index (χ1v) is 12.0. The smallest absolute Gasteiger partial charge is 0.266 e. The summed E-state index contributed by atoms with van der Waals surface area (Å²) in [5.74, 6) is -0.171. The fourth-order valence-corrected chi connectivity index (χ4v) is 4.60. The molecular formula is C27H28N4O2S. The molecule has 0 radical (unpaired) electrons. The molecule has 174 valence electrons. The van der Waals surface area contributed by atoms with Crippen LogP contribution in [0.2, 0.25) is 0 Å². The molecule has 0 spiro atoms. The SMILES string of the molecule is Cc1nc(-c2ccccc2)sc1-c1ccc(=O)n(CCNC(=O)c2ccc(C(C)(C)C)cc2)n1. The molecule has 4 rings (SSSR count). The van der Waals surface area contributed by atoms with Gasteiger partial charge in [0, 0.05) is 23.7 Å². The number of aryl methyl sites for hydroxylation is 1. The molecule has 1 amide bonds. The van der Waals surface area contributed by atoms with E-state index in [1.165, 1.54) is 16.3 Å². The van der Waals surface area contributed by atoms with E-state index in [9.17, 15) is 9.59 Å². The fourth-order valence-electron chi connectivity index (χ4n) is 3.57. The minimum Gasteiger partial charge on any atom is -0.350 e. The van der Waals surface area contributed by atoms with E-state index >= 15 is 0 Å². The highest BCUT2D eigenvalue weighted by molar-refractivity contribution is 7.18. The third-order valence-corrected chi connectivity index (χ3v) is 6.77. The van der Waals surface area contributed by atoms with E-state index in [-0.39, 0.29) is 23.4 Å². The largest absolute Gasteiger partial charge is 0.350 e. The molecule has 2 aromatic heterocycles. The van der Waals surface area contributed by atoms with Gasteiger partial charge in [0.15, 0.2) is 0 Å². The summed E-state index contributed by atoms with van der Waals surface area (Å²) < 4.78 is 1.39. The summed E-state index contributed by atoms with van der Waals surface area (Å²) in [6.07, 6.45) is 0. The number of carbonyl (C=O) groups excluding carboxylic acids is 1. The molecule has 0 aliphatic heterocycles. The molecule has 0 fully saturated rings. The number of carbonyl (C=O) groups is 1. The quantitative estimate of drug-likeness (QED) is 0.425. The molecule has 0 atom stereocenters. The van der Waals surface area contributed by atoms with Gasteiger partial charge in [0.05, 0.1) is 17.1 Å². The van der Waals surface area contributed by atoms with Gasteiger partial charge in [0.25, 0.3) is 11.5 Å². The van der Waals surface area contributed by atoms with Crippen LogP contribution in [0.4, 0.5) is 0 Å².